The highest BCUT2D eigenvalue weighted by molar-refractivity contribution is 6.03. The minimum absolute atomic E-state index is 0.0201. The van der Waals surface area contributed by atoms with Gasteiger partial charge in [-0.2, -0.15) is 5.10 Å². The quantitative estimate of drug-likeness (QED) is 0.665. The number of anilines is 1. The molecule has 0 unspecified atom stereocenters. The molecular weight excluding hydrogens is 318 g/mol. The molecule has 0 aliphatic carbocycles. The molecule has 0 radical (unpaired) electrons. The summed E-state index contributed by atoms with van der Waals surface area (Å²) in [5, 5.41) is 6.90. The lowest BCUT2D eigenvalue weighted by Crippen LogP contribution is -2.25. The van der Waals surface area contributed by atoms with Crippen molar-refractivity contribution in [2.75, 3.05) is 11.9 Å². The minimum atomic E-state index is -0.267. The smallest absolute Gasteiger partial charge is 0.271 e. The topological polar surface area (TPSA) is 79.8 Å². The van der Waals surface area contributed by atoms with E-state index in [1.54, 1.807) is 31.2 Å². The van der Waals surface area contributed by atoms with Crippen LogP contribution in [0, 0.1) is 0 Å². The first-order valence-electron chi connectivity index (χ1n) is 8.07. The van der Waals surface area contributed by atoms with Crippen LogP contribution < -0.4 is 15.5 Å². The van der Waals surface area contributed by atoms with E-state index in [-0.39, 0.29) is 18.4 Å². The van der Waals surface area contributed by atoms with E-state index in [1.807, 2.05) is 18.2 Å². The second-order valence-corrected chi connectivity index (χ2v) is 5.74. The molecule has 0 saturated heterocycles. The Hall–Kier alpha value is -3.15. The summed E-state index contributed by atoms with van der Waals surface area (Å²) in [4.78, 5) is 23.6. The van der Waals surface area contributed by atoms with Gasteiger partial charge < -0.3 is 10.1 Å². The minimum Gasteiger partial charge on any atom is -0.482 e. The van der Waals surface area contributed by atoms with Crippen molar-refractivity contribution in [3.63, 3.8) is 0 Å². The van der Waals surface area contributed by atoms with Crippen molar-refractivity contribution in [2.45, 2.75) is 20.3 Å². The number of ether oxygens (including phenoxy) is 1. The number of rotatable bonds is 4. The lowest BCUT2D eigenvalue weighted by molar-refractivity contribution is -0.118. The van der Waals surface area contributed by atoms with Crippen LogP contribution in [0.3, 0.4) is 0 Å². The summed E-state index contributed by atoms with van der Waals surface area (Å²) in [5.41, 5.74) is 6.30. The zero-order chi connectivity index (χ0) is 17.8. The van der Waals surface area contributed by atoms with E-state index in [0.717, 1.165) is 12.0 Å². The molecule has 2 aromatic rings. The van der Waals surface area contributed by atoms with Gasteiger partial charge in [-0.15, -0.1) is 0 Å². The van der Waals surface area contributed by atoms with Crippen LogP contribution in [0.2, 0.25) is 0 Å². The summed E-state index contributed by atoms with van der Waals surface area (Å²) in [5.74, 6) is 0.163. The summed E-state index contributed by atoms with van der Waals surface area (Å²) in [7, 11) is 0. The number of benzene rings is 2. The molecule has 1 aliphatic heterocycles. The predicted octanol–water partition coefficient (Wildman–Crippen LogP) is 2.73. The molecule has 1 heterocycles. The molecular formula is C19H19N3O3. The molecule has 25 heavy (non-hydrogen) atoms. The van der Waals surface area contributed by atoms with Crippen LogP contribution in [0.15, 0.2) is 47.6 Å². The molecule has 2 aromatic carbocycles. The summed E-state index contributed by atoms with van der Waals surface area (Å²) in [6.07, 6.45) is 0.928. The molecule has 1 aliphatic rings. The van der Waals surface area contributed by atoms with Crippen LogP contribution >= 0.6 is 0 Å². The van der Waals surface area contributed by atoms with E-state index in [4.69, 9.17) is 4.74 Å². The number of nitrogens with one attached hydrogen (secondary N) is 2. The van der Waals surface area contributed by atoms with E-state index < -0.39 is 0 Å². The maximum atomic E-state index is 12.2. The van der Waals surface area contributed by atoms with E-state index in [0.29, 0.717) is 22.7 Å². The summed E-state index contributed by atoms with van der Waals surface area (Å²) in [6.45, 7) is 3.87. The van der Waals surface area contributed by atoms with Gasteiger partial charge >= 0.3 is 0 Å². The highest BCUT2D eigenvalue weighted by atomic mass is 16.5. The van der Waals surface area contributed by atoms with Crippen LogP contribution in [-0.2, 0) is 11.2 Å². The molecule has 2 amide bonds. The van der Waals surface area contributed by atoms with Crippen molar-refractivity contribution in [3.8, 4) is 5.75 Å². The molecule has 6 nitrogen and oxygen atoms in total. The first-order valence-corrected chi connectivity index (χ1v) is 8.07. The van der Waals surface area contributed by atoms with Gasteiger partial charge in [0.2, 0.25) is 0 Å². The van der Waals surface area contributed by atoms with E-state index in [9.17, 15) is 9.59 Å². The fourth-order valence-electron chi connectivity index (χ4n) is 2.46. The maximum absolute atomic E-state index is 12.2. The lowest BCUT2D eigenvalue weighted by atomic mass is 10.1. The Balaban J connectivity index is 1.71. The highest BCUT2D eigenvalue weighted by Gasteiger charge is 2.16. The van der Waals surface area contributed by atoms with E-state index in [1.165, 1.54) is 5.56 Å². The number of carbonyl (C=O) groups is 2. The Bertz CT molecular complexity index is 841. The summed E-state index contributed by atoms with van der Waals surface area (Å²) in [6, 6.07) is 12.8. The van der Waals surface area contributed by atoms with Gasteiger partial charge in [-0.25, -0.2) is 5.43 Å². The van der Waals surface area contributed by atoms with Crippen LogP contribution in [0.5, 0.6) is 5.75 Å². The van der Waals surface area contributed by atoms with Gasteiger partial charge in [-0.05, 0) is 54.8 Å². The third-order valence-corrected chi connectivity index (χ3v) is 3.98. The fraction of sp³-hybridized carbons (Fsp3) is 0.211. The van der Waals surface area contributed by atoms with Crippen molar-refractivity contribution in [1.82, 2.24) is 5.43 Å². The zero-order valence-corrected chi connectivity index (χ0v) is 14.1. The van der Waals surface area contributed by atoms with Crippen LogP contribution in [0.25, 0.3) is 0 Å². The number of hydrogen-bond donors (Lipinski definition) is 2. The Morgan fingerprint density at radius 2 is 1.92 bits per heavy atom. The molecule has 0 spiro atoms. The number of aryl methyl sites for hydroxylation is 1. The number of carbonyl (C=O) groups excluding carboxylic acids is 2. The Labute approximate surface area is 145 Å². The van der Waals surface area contributed by atoms with Gasteiger partial charge in [0.1, 0.15) is 5.75 Å². The van der Waals surface area contributed by atoms with Crippen molar-refractivity contribution in [3.05, 3.63) is 59.2 Å². The number of fused-ring (bicyclic) bond motifs is 1. The molecule has 2 N–H and O–H groups in total. The third kappa shape index (κ3) is 3.85. The Morgan fingerprint density at radius 3 is 2.64 bits per heavy atom. The molecule has 0 fully saturated rings. The monoisotopic (exact) mass is 337 g/mol. The number of nitrogens with zero attached hydrogens (tertiary/aromatic N) is 1. The van der Waals surface area contributed by atoms with Crippen LogP contribution in [0.1, 0.15) is 35.3 Å². The first-order chi connectivity index (χ1) is 12.1. The first kappa shape index (κ1) is 16.7. The standard InChI is InChI=1S/C19H19N3O3/c1-3-13-4-6-14(7-5-13)19(24)22-21-12(2)15-8-9-17-16(10-15)20-18(23)11-25-17/h4-10H,3,11H2,1-2H3,(H,20,23)(H,22,24)/b21-12-. The highest BCUT2D eigenvalue weighted by Crippen LogP contribution is 2.28. The van der Waals surface area contributed by atoms with Crippen molar-refractivity contribution >= 4 is 23.2 Å². The SMILES string of the molecule is CCc1ccc(C(=O)N/N=C(/C)c2ccc3c(c2)NC(=O)CO3)cc1. The lowest BCUT2D eigenvalue weighted by Gasteiger charge is -2.18. The van der Waals surface area contributed by atoms with Crippen molar-refractivity contribution < 1.29 is 14.3 Å². The average Bonchev–Trinajstić information content (AvgIpc) is 2.65. The van der Waals surface area contributed by atoms with Gasteiger partial charge in [-0.1, -0.05) is 19.1 Å². The Kier molecular flexibility index (Phi) is 4.79. The van der Waals surface area contributed by atoms with Crippen LogP contribution in [0.4, 0.5) is 5.69 Å². The molecule has 0 atom stereocenters. The Morgan fingerprint density at radius 1 is 1.20 bits per heavy atom. The fourth-order valence-corrected chi connectivity index (χ4v) is 2.46. The van der Waals surface area contributed by atoms with Crippen LogP contribution in [-0.4, -0.2) is 24.1 Å². The molecule has 0 aromatic heterocycles. The average molecular weight is 337 g/mol. The van der Waals surface area contributed by atoms with Gasteiger partial charge in [0.15, 0.2) is 6.61 Å². The zero-order valence-electron chi connectivity index (χ0n) is 14.1. The number of amides is 2. The number of hydrogen-bond acceptors (Lipinski definition) is 4. The van der Waals surface area contributed by atoms with Crippen molar-refractivity contribution in [2.24, 2.45) is 5.10 Å². The predicted molar refractivity (Wildman–Crippen MR) is 96.1 cm³/mol. The second-order valence-electron chi connectivity index (χ2n) is 5.74. The van der Waals surface area contributed by atoms with Crippen molar-refractivity contribution in [1.29, 1.82) is 0 Å². The van der Waals surface area contributed by atoms with Gasteiger partial charge in [-0.3, -0.25) is 9.59 Å². The summed E-state index contributed by atoms with van der Waals surface area (Å²) >= 11 is 0. The van der Waals surface area contributed by atoms with Gasteiger partial charge in [0, 0.05) is 5.56 Å². The largest absolute Gasteiger partial charge is 0.482 e. The van der Waals surface area contributed by atoms with Gasteiger partial charge in [0.25, 0.3) is 11.8 Å². The number of hydrazone groups is 1. The van der Waals surface area contributed by atoms with E-state index in [2.05, 4.69) is 22.8 Å². The summed E-state index contributed by atoms with van der Waals surface area (Å²) < 4.78 is 5.32. The molecule has 6 heteroatoms. The van der Waals surface area contributed by atoms with Gasteiger partial charge in [0.05, 0.1) is 11.4 Å². The molecule has 0 bridgehead atoms. The molecule has 128 valence electrons. The second kappa shape index (κ2) is 7.17. The third-order valence-electron chi connectivity index (χ3n) is 3.98. The van der Waals surface area contributed by atoms with E-state index >= 15 is 0 Å². The molecule has 0 saturated carbocycles. The normalized spacial score (nSPS) is 13.5. The maximum Gasteiger partial charge on any atom is 0.271 e. The molecule has 3 rings (SSSR count).